The van der Waals surface area contributed by atoms with E-state index in [4.69, 9.17) is 11.6 Å². The first kappa shape index (κ1) is 20.8. The molecule has 0 atom stereocenters. The topological polar surface area (TPSA) is 79.4 Å². The maximum Gasteiger partial charge on any atom is 0.264 e. The van der Waals surface area contributed by atoms with Crippen LogP contribution < -0.4 is 9.62 Å². The van der Waals surface area contributed by atoms with E-state index in [0.29, 0.717) is 12.2 Å². The molecule has 0 spiro atoms. The summed E-state index contributed by atoms with van der Waals surface area (Å²) in [6, 6.07) is 14.7. The minimum atomic E-state index is -3.77. The summed E-state index contributed by atoms with van der Waals surface area (Å²) < 4.78 is 26.9. The number of pyridine rings is 1. The van der Waals surface area contributed by atoms with Gasteiger partial charge in [0.15, 0.2) is 0 Å². The fourth-order valence-corrected chi connectivity index (χ4v) is 4.06. The highest BCUT2D eigenvalue weighted by Crippen LogP contribution is 2.27. The molecule has 0 aliphatic rings. The number of anilines is 1. The van der Waals surface area contributed by atoms with Crippen molar-refractivity contribution in [2.24, 2.45) is 0 Å². The number of nitrogens with zero attached hydrogens (tertiary/aromatic N) is 2. The summed E-state index contributed by atoms with van der Waals surface area (Å²) in [5, 5.41) is 3.02. The summed E-state index contributed by atoms with van der Waals surface area (Å²) in [5.74, 6) is -0.394. The fourth-order valence-electron chi connectivity index (χ4n) is 2.67. The van der Waals surface area contributed by atoms with Crippen molar-refractivity contribution >= 4 is 33.2 Å². The smallest absolute Gasteiger partial charge is 0.264 e. The molecule has 150 valence electrons. The van der Waals surface area contributed by atoms with Crippen molar-refractivity contribution in [2.75, 3.05) is 11.4 Å². The van der Waals surface area contributed by atoms with Gasteiger partial charge in [-0.3, -0.25) is 14.1 Å². The number of nitrogens with one attached hydrogen (secondary N) is 1. The van der Waals surface area contributed by atoms with Crippen LogP contribution in [0.15, 0.2) is 71.9 Å². The van der Waals surface area contributed by atoms with E-state index in [9.17, 15) is 13.2 Å². The number of aromatic nitrogens is 1. The lowest BCUT2D eigenvalue weighted by atomic mass is 10.1. The average molecular weight is 430 g/mol. The van der Waals surface area contributed by atoms with E-state index in [1.54, 1.807) is 54.9 Å². The zero-order valence-corrected chi connectivity index (χ0v) is 17.5. The maximum atomic E-state index is 12.9. The molecule has 1 amide bonds. The molecule has 0 saturated carbocycles. The van der Waals surface area contributed by atoms with Crippen molar-refractivity contribution in [1.29, 1.82) is 0 Å². The van der Waals surface area contributed by atoms with Crippen LogP contribution in [-0.4, -0.2) is 26.4 Å². The number of rotatable bonds is 6. The first-order chi connectivity index (χ1) is 13.8. The Labute approximate surface area is 175 Å². The van der Waals surface area contributed by atoms with Gasteiger partial charge in [0.05, 0.1) is 21.2 Å². The molecule has 0 aliphatic heterocycles. The number of sulfonamides is 1. The lowest BCUT2D eigenvalue weighted by molar-refractivity contribution is 0.0951. The molecule has 1 heterocycles. The summed E-state index contributed by atoms with van der Waals surface area (Å²) in [6.45, 7) is 2.19. The van der Waals surface area contributed by atoms with Crippen molar-refractivity contribution in [3.8, 4) is 0 Å². The highest BCUT2D eigenvalue weighted by molar-refractivity contribution is 7.92. The van der Waals surface area contributed by atoms with Crippen LogP contribution in [0.5, 0.6) is 0 Å². The monoisotopic (exact) mass is 429 g/mol. The SMILES string of the molecule is Cc1ccc(S(=O)(=O)N(C)c2ccc(Cl)c(C(=O)NCc3ccncc3)c2)cc1. The fraction of sp³-hybridized carbons (Fsp3) is 0.143. The van der Waals surface area contributed by atoms with Gasteiger partial charge in [0, 0.05) is 26.0 Å². The van der Waals surface area contributed by atoms with Crippen molar-refractivity contribution in [2.45, 2.75) is 18.4 Å². The summed E-state index contributed by atoms with van der Waals surface area (Å²) in [4.78, 5) is 16.7. The molecule has 6 nitrogen and oxygen atoms in total. The van der Waals surface area contributed by atoms with Crippen LogP contribution >= 0.6 is 11.6 Å². The van der Waals surface area contributed by atoms with Gasteiger partial charge >= 0.3 is 0 Å². The second-order valence-corrected chi connectivity index (χ2v) is 8.86. The van der Waals surface area contributed by atoms with Crippen LogP contribution in [0.3, 0.4) is 0 Å². The number of hydrogen-bond acceptors (Lipinski definition) is 4. The normalized spacial score (nSPS) is 11.1. The summed E-state index contributed by atoms with van der Waals surface area (Å²) in [7, 11) is -2.33. The van der Waals surface area contributed by atoms with Gasteiger partial charge in [-0.25, -0.2) is 8.42 Å². The van der Waals surface area contributed by atoms with Gasteiger partial charge in [-0.15, -0.1) is 0 Å². The molecule has 1 N–H and O–H groups in total. The Morgan fingerprint density at radius 2 is 1.72 bits per heavy atom. The van der Waals surface area contributed by atoms with Gasteiger partial charge < -0.3 is 5.32 Å². The molecule has 2 aromatic carbocycles. The Hall–Kier alpha value is -2.90. The van der Waals surface area contributed by atoms with Crippen LogP contribution in [-0.2, 0) is 16.6 Å². The second kappa shape index (κ2) is 8.63. The number of carbonyl (C=O) groups excluding carboxylic acids is 1. The van der Waals surface area contributed by atoms with Gasteiger partial charge in [-0.2, -0.15) is 0 Å². The third-order valence-corrected chi connectivity index (χ3v) is 6.57. The number of halogens is 1. The molecule has 0 radical (unpaired) electrons. The predicted octanol–water partition coefficient (Wildman–Crippen LogP) is 3.80. The van der Waals surface area contributed by atoms with Gasteiger partial charge in [-0.05, 0) is 55.0 Å². The summed E-state index contributed by atoms with van der Waals surface area (Å²) >= 11 is 6.19. The molecular formula is C21H20ClN3O3S. The molecule has 3 aromatic rings. The summed E-state index contributed by atoms with van der Waals surface area (Å²) in [6.07, 6.45) is 3.28. The van der Waals surface area contributed by atoms with Gasteiger partial charge in [0.2, 0.25) is 0 Å². The molecule has 0 aliphatic carbocycles. The third kappa shape index (κ3) is 4.75. The molecule has 8 heteroatoms. The van der Waals surface area contributed by atoms with Crippen molar-refractivity contribution in [1.82, 2.24) is 10.3 Å². The first-order valence-corrected chi connectivity index (χ1v) is 10.6. The molecule has 0 unspecified atom stereocenters. The zero-order chi connectivity index (χ0) is 21.0. The first-order valence-electron chi connectivity index (χ1n) is 8.81. The van der Waals surface area contributed by atoms with Crippen molar-refractivity contribution in [3.63, 3.8) is 0 Å². The van der Waals surface area contributed by atoms with Crippen LogP contribution in [0.25, 0.3) is 0 Å². The van der Waals surface area contributed by atoms with E-state index in [2.05, 4.69) is 10.3 Å². The minimum Gasteiger partial charge on any atom is -0.348 e. The highest BCUT2D eigenvalue weighted by atomic mass is 35.5. The Morgan fingerprint density at radius 3 is 2.38 bits per heavy atom. The molecule has 0 bridgehead atoms. The quantitative estimate of drug-likeness (QED) is 0.646. The predicted molar refractivity (Wildman–Crippen MR) is 114 cm³/mol. The van der Waals surface area contributed by atoms with Gasteiger partial charge in [0.25, 0.3) is 15.9 Å². The average Bonchev–Trinajstić information content (AvgIpc) is 2.73. The molecule has 3 rings (SSSR count). The highest BCUT2D eigenvalue weighted by Gasteiger charge is 2.22. The van der Waals surface area contributed by atoms with Crippen LogP contribution in [0, 0.1) is 6.92 Å². The Bertz CT molecular complexity index is 1120. The van der Waals surface area contributed by atoms with E-state index in [0.717, 1.165) is 15.4 Å². The van der Waals surface area contributed by atoms with Crippen molar-refractivity contribution < 1.29 is 13.2 Å². The van der Waals surface area contributed by atoms with E-state index < -0.39 is 15.9 Å². The van der Waals surface area contributed by atoms with E-state index >= 15 is 0 Å². The number of aryl methyl sites for hydroxylation is 1. The molecule has 0 saturated heterocycles. The van der Waals surface area contributed by atoms with E-state index in [1.165, 1.54) is 19.2 Å². The van der Waals surface area contributed by atoms with Crippen molar-refractivity contribution in [3.05, 3.63) is 88.7 Å². The van der Waals surface area contributed by atoms with E-state index in [1.807, 2.05) is 6.92 Å². The standard InChI is InChI=1S/C21H20ClN3O3S/c1-15-3-6-18(7-4-15)29(27,28)25(2)17-5-8-20(22)19(13-17)21(26)24-14-16-9-11-23-12-10-16/h3-13H,14H2,1-2H3,(H,24,26). The second-order valence-electron chi connectivity index (χ2n) is 6.49. The lowest BCUT2D eigenvalue weighted by Gasteiger charge is -2.20. The summed E-state index contributed by atoms with van der Waals surface area (Å²) in [5.41, 5.74) is 2.39. The Kier molecular flexibility index (Phi) is 6.20. The Morgan fingerprint density at radius 1 is 1.07 bits per heavy atom. The third-order valence-electron chi connectivity index (χ3n) is 4.44. The number of hydrogen-bond donors (Lipinski definition) is 1. The van der Waals surface area contributed by atoms with Gasteiger partial charge in [0.1, 0.15) is 0 Å². The lowest BCUT2D eigenvalue weighted by Crippen LogP contribution is -2.27. The van der Waals surface area contributed by atoms with Crippen LogP contribution in [0.2, 0.25) is 5.02 Å². The van der Waals surface area contributed by atoms with Crippen LogP contribution in [0.1, 0.15) is 21.5 Å². The Balaban J connectivity index is 1.84. The van der Waals surface area contributed by atoms with Crippen LogP contribution in [0.4, 0.5) is 5.69 Å². The van der Waals surface area contributed by atoms with E-state index in [-0.39, 0.29) is 15.5 Å². The molecular weight excluding hydrogens is 410 g/mol. The molecule has 29 heavy (non-hydrogen) atoms. The molecule has 0 fully saturated rings. The number of carbonyl (C=O) groups is 1. The van der Waals surface area contributed by atoms with Gasteiger partial charge in [-0.1, -0.05) is 29.3 Å². The zero-order valence-electron chi connectivity index (χ0n) is 16.0. The minimum absolute atomic E-state index is 0.171. The molecule has 1 aromatic heterocycles. The number of benzene rings is 2. The largest absolute Gasteiger partial charge is 0.348 e. The number of amides is 1. The maximum absolute atomic E-state index is 12.9.